The standard InChI is InChI=1S/C19H21N3O4S/c1-27(24,25)22-12-19(15-6-2-3-7-16(15)22)9-17(26-13-19)18(23)21-11-14-5-4-8-20-10-14/h2-8,10,17H,9,11-13H2,1H3,(H,21,23)/t17-,19-/m1/s1. The normalized spacial score (nSPS) is 24.2. The number of carbonyl (C=O) groups excluding carboxylic acids is 1. The van der Waals surface area contributed by atoms with Gasteiger partial charge in [-0.3, -0.25) is 14.1 Å². The molecule has 3 heterocycles. The third-order valence-electron chi connectivity index (χ3n) is 5.21. The molecule has 0 radical (unpaired) electrons. The molecule has 142 valence electrons. The molecule has 1 aromatic heterocycles. The van der Waals surface area contributed by atoms with E-state index in [0.717, 1.165) is 11.1 Å². The first-order chi connectivity index (χ1) is 12.9. The molecule has 1 saturated heterocycles. The molecule has 0 unspecified atom stereocenters. The van der Waals surface area contributed by atoms with Gasteiger partial charge in [0.25, 0.3) is 0 Å². The number of anilines is 1. The minimum absolute atomic E-state index is 0.189. The van der Waals surface area contributed by atoms with Crippen LogP contribution in [-0.4, -0.2) is 44.8 Å². The van der Waals surface area contributed by atoms with Crippen LogP contribution in [-0.2, 0) is 31.5 Å². The van der Waals surface area contributed by atoms with Crippen LogP contribution in [0.1, 0.15) is 17.5 Å². The second-order valence-corrected chi connectivity index (χ2v) is 9.06. The zero-order chi connectivity index (χ0) is 19.1. The Kier molecular flexibility index (Phi) is 4.39. The minimum Gasteiger partial charge on any atom is -0.367 e. The van der Waals surface area contributed by atoms with Crippen LogP contribution in [0, 0.1) is 0 Å². The third-order valence-corrected chi connectivity index (χ3v) is 6.34. The van der Waals surface area contributed by atoms with E-state index in [2.05, 4.69) is 10.3 Å². The van der Waals surface area contributed by atoms with E-state index in [-0.39, 0.29) is 5.91 Å². The van der Waals surface area contributed by atoms with Crippen molar-refractivity contribution in [2.45, 2.75) is 24.5 Å². The van der Waals surface area contributed by atoms with Gasteiger partial charge >= 0.3 is 0 Å². The van der Waals surface area contributed by atoms with Crippen molar-refractivity contribution < 1.29 is 17.9 Å². The van der Waals surface area contributed by atoms with E-state index in [1.54, 1.807) is 18.5 Å². The van der Waals surface area contributed by atoms with Gasteiger partial charge in [0.1, 0.15) is 6.10 Å². The molecule has 0 saturated carbocycles. The number of hydrogen-bond donors (Lipinski definition) is 1. The quantitative estimate of drug-likeness (QED) is 0.852. The molecule has 27 heavy (non-hydrogen) atoms. The van der Waals surface area contributed by atoms with E-state index >= 15 is 0 Å². The Balaban J connectivity index is 1.51. The topological polar surface area (TPSA) is 88.6 Å². The molecule has 7 nitrogen and oxygen atoms in total. The summed E-state index contributed by atoms with van der Waals surface area (Å²) in [5.74, 6) is -0.189. The molecule has 2 aliphatic rings. The molecular weight excluding hydrogens is 366 g/mol. The molecule has 8 heteroatoms. The zero-order valence-corrected chi connectivity index (χ0v) is 15.8. The van der Waals surface area contributed by atoms with Gasteiger partial charge in [0, 0.05) is 30.9 Å². The fraction of sp³-hybridized carbons (Fsp3) is 0.368. The Bertz CT molecular complexity index is 964. The summed E-state index contributed by atoms with van der Waals surface area (Å²) in [5.41, 5.74) is 2.03. The second-order valence-electron chi connectivity index (χ2n) is 7.15. The zero-order valence-electron chi connectivity index (χ0n) is 15.0. The van der Waals surface area contributed by atoms with Crippen molar-refractivity contribution in [3.05, 3.63) is 59.9 Å². The molecule has 2 atom stereocenters. The van der Waals surface area contributed by atoms with Gasteiger partial charge in [-0.15, -0.1) is 0 Å². The van der Waals surface area contributed by atoms with Gasteiger partial charge in [-0.1, -0.05) is 24.3 Å². The molecule has 0 aliphatic carbocycles. The number of rotatable bonds is 4. The van der Waals surface area contributed by atoms with Gasteiger partial charge in [0.2, 0.25) is 15.9 Å². The molecule has 2 aliphatic heterocycles. The number of pyridine rings is 1. The summed E-state index contributed by atoms with van der Waals surface area (Å²) in [7, 11) is -3.39. The third kappa shape index (κ3) is 3.30. The highest BCUT2D eigenvalue weighted by Gasteiger charge is 2.52. The van der Waals surface area contributed by atoms with Crippen LogP contribution < -0.4 is 9.62 Å². The van der Waals surface area contributed by atoms with E-state index in [1.807, 2.05) is 30.3 Å². The smallest absolute Gasteiger partial charge is 0.249 e. The number of ether oxygens (including phenoxy) is 1. The maximum atomic E-state index is 12.6. The van der Waals surface area contributed by atoms with Crippen LogP contribution in [0.4, 0.5) is 5.69 Å². The Hall–Kier alpha value is -2.45. The Morgan fingerprint density at radius 3 is 2.89 bits per heavy atom. The van der Waals surface area contributed by atoms with Crippen molar-refractivity contribution >= 4 is 21.6 Å². The van der Waals surface area contributed by atoms with Crippen LogP contribution in [0.5, 0.6) is 0 Å². The number of sulfonamides is 1. The molecule has 1 aromatic carbocycles. The highest BCUT2D eigenvalue weighted by molar-refractivity contribution is 7.92. The summed E-state index contributed by atoms with van der Waals surface area (Å²) in [4.78, 5) is 16.6. The van der Waals surface area contributed by atoms with Gasteiger partial charge in [0.05, 0.1) is 18.6 Å². The van der Waals surface area contributed by atoms with Crippen LogP contribution in [0.2, 0.25) is 0 Å². The lowest BCUT2D eigenvalue weighted by Gasteiger charge is -2.23. The number of carbonyl (C=O) groups is 1. The van der Waals surface area contributed by atoms with Crippen molar-refractivity contribution in [2.75, 3.05) is 23.7 Å². The summed E-state index contributed by atoms with van der Waals surface area (Å²) in [6, 6.07) is 11.2. The Morgan fingerprint density at radius 2 is 2.15 bits per heavy atom. The number of para-hydroxylation sites is 1. The van der Waals surface area contributed by atoms with E-state index in [1.165, 1.54) is 10.6 Å². The predicted molar refractivity (Wildman–Crippen MR) is 101 cm³/mol. The summed E-state index contributed by atoms with van der Waals surface area (Å²) in [6.45, 7) is 1.00. The average Bonchev–Trinajstić information content (AvgIpc) is 3.24. The van der Waals surface area contributed by atoms with E-state index in [0.29, 0.717) is 31.8 Å². The van der Waals surface area contributed by atoms with Gasteiger partial charge in [-0.05, 0) is 29.7 Å². The first-order valence-electron chi connectivity index (χ1n) is 8.74. The minimum atomic E-state index is -3.39. The molecule has 0 bridgehead atoms. The lowest BCUT2D eigenvalue weighted by Crippen LogP contribution is -2.38. The van der Waals surface area contributed by atoms with Crippen LogP contribution >= 0.6 is 0 Å². The fourth-order valence-corrected chi connectivity index (χ4v) is 4.88. The maximum absolute atomic E-state index is 12.6. The largest absolute Gasteiger partial charge is 0.367 e. The van der Waals surface area contributed by atoms with Crippen LogP contribution in [0.25, 0.3) is 0 Å². The number of nitrogens with one attached hydrogen (secondary N) is 1. The van der Waals surface area contributed by atoms with Gasteiger partial charge in [0.15, 0.2) is 0 Å². The number of benzene rings is 1. The van der Waals surface area contributed by atoms with Gasteiger partial charge in [-0.2, -0.15) is 0 Å². The maximum Gasteiger partial charge on any atom is 0.249 e. The van der Waals surface area contributed by atoms with Gasteiger partial charge in [-0.25, -0.2) is 8.42 Å². The van der Waals surface area contributed by atoms with Crippen molar-refractivity contribution in [2.24, 2.45) is 0 Å². The summed E-state index contributed by atoms with van der Waals surface area (Å²) in [5, 5.41) is 2.88. The number of nitrogens with zero attached hydrogens (tertiary/aromatic N) is 2. The summed E-state index contributed by atoms with van der Waals surface area (Å²) >= 11 is 0. The van der Waals surface area contributed by atoms with E-state index in [9.17, 15) is 13.2 Å². The van der Waals surface area contributed by atoms with Crippen molar-refractivity contribution in [1.29, 1.82) is 0 Å². The van der Waals surface area contributed by atoms with E-state index < -0.39 is 21.5 Å². The number of fused-ring (bicyclic) bond motifs is 2. The molecule has 1 amide bonds. The number of aromatic nitrogens is 1. The summed E-state index contributed by atoms with van der Waals surface area (Å²) in [6.07, 6.45) is 4.44. The molecule has 1 N–H and O–H groups in total. The first-order valence-corrected chi connectivity index (χ1v) is 10.6. The van der Waals surface area contributed by atoms with Crippen molar-refractivity contribution in [3.8, 4) is 0 Å². The monoisotopic (exact) mass is 387 g/mol. The van der Waals surface area contributed by atoms with E-state index in [4.69, 9.17) is 4.74 Å². The lowest BCUT2D eigenvalue weighted by molar-refractivity contribution is -0.130. The second kappa shape index (κ2) is 6.61. The van der Waals surface area contributed by atoms with Crippen LogP contribution in [0.15, 0.2) is 48.8 Å². The average molecular weight is 387 g/mol. The SMILES string of the molecule is CS(=O)(=O)N1C[C@]2(CO[C@@H](C(=O)NCc3cccnc3)C2)c2ccccc21. The fourth-order valence-electron chi connectivity index (χ4n) is 3.89. The lowest BCUT2D eigenvalue weighted by atomic mass is 9.80. The van der Waals surface area contributed by atoms with Gasteiger partial charge < -0.3 is 10.1 Å². The predicted octanol–water partition coefficient (Wildman–Crippen LogP) is 1.20. The first kappa shape index (κ1) is 17.9. The Labute approximate surface area is 158 Å². The number of hydrogen-bond acceptors (Lipinski definition) is 5. The highest BCUT2D eigenvalue weighted by atomic mass is 32.2. The van der Waals surface area contributed by atoms with Crippen molar-refractivity contribution in [3.63, 3.8) is 0 Å². The Morgan fingerprint density at radius 1 is 1.33 bits per heavy atom. The highest BCUT2D eigenvalue weighted by Crippen LogP contribution is 2.48. The van der Waals surface area contributed by atoms with Crippen LogP contribution in [0.3, 0.4) is 0 Å². The molecule has 1 spiro atoms. The number of amides is 1. The molecule has 1 fully saturated rings. The molecule has 4 rings (SSSR count). The molecule has 2 aromatic rings. The van der Waals surface area contributed by atoms with Crippen molar-refractivity contribution in [1.82, 2.24) is 10.3 Å². The molecular formula is C19H21N3O4S. The summed E-state index contributed by atoms with van der Waals surface area (Å²) < 4.78 is 31.6.